The van der Waals surface area contributed by atoms with Crippen LogP contribution in [-0.2, 0) is 28.8 Å². The van der Waals surface area contributed by atoms with Crippen molar-refractivity contribution < 1.29 is 64.5 Å². The summed E-state index contributed by atoms with van der Waals surface area (Å²) in [5, 5.41) is 84.3. The summed E-state index contributed by atoms with van der Waals surface area (Å²) in [6.45, 7) is 8.29. The number of aliphatic hydroxyl groups excluding tert-OH is 5. The minimum absolute atomic E-state index is 0.0584. The molecule has 2 fully saturated rings. The van der Waals surface area contributed by atoms with E-state index in [0.29, 0.717) is 12.1 Å². The lowest BCUT2D eigenvalue weighted by Gasteiger charge is -2.35. The van der Waals surface area contributed by atoms with Crippen LogP contribution in [0.5, 0.6) is 11.5 Å². The van der Waals surface area contributed by atoms with Crippen LogP contribution in [0, 0.1) is 5.92 Å². The number of aliphatic hydroxyl groups is 5. The largest absolute Gasteiger partial charge is 0.504 e. The van der Waals surface area contributed by atoms with Gasteiger partial charge < -0.3 is 78.3 Å². The number of phenolic OH excluding ortho intramolecular Hbond substituents is 2. The molecule has 0 saturated carbocycles. The first kappa shape index (κ1) is 46.3. The molecule has 2 aliphatic rings. The molecule has 0 aromatic heterocycles. The summed E-state index contributed by atoms with van der Waals surface area (Å²) in [6, 6.07) is -6.08. The molecular weight excluding hydrogens is 752 g/mol. The van der Waals surface area contributed by atoms with Crippen molar-refractivity contribution in [3.05, 3.63) is 36.0 Å². The summed E-state index contributed by atoms with van der Waals surface area (Å²) in [5.74, 6) is -7.62. The number of rotatable bonds is 18. The molecule has 318 valence electrons. The van der Waals surface area contributed by atoms with Crippen LogP contribution in [0.25, 0.3) is 0 Å². The number of hydrogen-bond donors (Lipinski definition) is 13. The van der Waals surface area contributed by atoms with Gasteiger partial charge in [0.05, 0.1) is 36.8 Å². The third kappa shape index (κ3) is 11.3. The fourth-order valence-electron chi connectivity index (χ4n) is 6.83. The first-order valence-electron chi connectivity index (χ1n) is 18.5. The van der Waals surface area contributed by atoms with Gasteiger partial charge >= 0.3 is 0 Å². The van der Waals surface area contributed by atoms with Gasteiger partial charge in [0, 0.05) is 32.3 Å². The molecule has 0 aliphatic carbocycles. The van der Waals surface area contributed by atoms with Crippen LogP contribution >= 0.6 is 0 Å². The van der Waals surface area contributed by atoms with E-state index >= 15 is 0 Å². The molecule has 2 heterocycles. The van der Waals surface area contributed by atoms with Crippen LogP contribution in [0.4, 0.5) is 0 Å². The predicted molar refractivity (Wildman–Crippen MR) is 200 cm³/mol. The average molecular weight is 809 g/mol. The minimum Gasteiger partial charge on any atom is -0.504 e. The second-order valence-electron chi connectivity index (χ2n) is 14.7. The highest BCUT2D eigenvalue weighted by atomic mass is 16.3. The van der Waals surface area contributed by atoms with Crippen molar-refractivity contribution in [2.45, 2.75) is 113 Å². The molecule has 21 heteroatoms. The van der Waals surface area contributed by atoms with Crippen molar-refractivity contribution in [2.24, 2.45) is 17.4 Å². The molecule has 21 nitrogen and oxygen atoms in total. The monoisotopic (exact) mass is 808 g/mol. The van der Waals surface area contributed by atoms with Crippen LogP contribution < -0.4 is 32.7 Å². The Hall–Kier alpha value is -5.06. The van der Waals surface area contributed by atoms with Crippen LogP contribution in [0.1, 0.15) is 58.1 Å². The standard InChI is InChI=1S/C36H56N8O13/c1-6-20(37)32(53)40-27(17(4)45)35(56)44-14-19(46)11-22(44)33(54)42-29(31(52)30(51)18-7-8-23(47)24(48)10-18)34(55)41-28(25(49)12-26(38)50)36(57)43-13-15(2)9-21(43)16(3)39-5/h7-8,10,15,17,19-22,25,27-31,39,45-49,51-52H,3,6,9,11-14,37H2,1-2,4-5H3,(H2,38,50)(H,40,53)(H,41,55)(H,42,54)/t15-,17-,19-,20+,21?,22?,25-,27?,28?,29?,30+,31+/m1/s1. The number of likely N-dealkylation sites (N-methyl/N-ethyl adjacent to an activating group) is 1. The van der Waals surface area contributed by atoms with E-state index in [2.05, 4.69) is 27.8 Å². The molecule has 0 radical (unpaired) electrons. The van der Waals surface area contributed by atoms with Gasteiger partial charge in [0.25, 0.3) is 0 Å². The number of hydrogen-bond acceptors (Lipinski definition) is 15. The molecule has 5 unspecified atom stereocenters. The molecular formula is C36H56N8O13. The highest BCUT2D eigenvalue weighted by molar-refractivity contribution is 5.97. The predicted octanol–water partition coefficient (Wildman–Crippen LogP) is -4.77. The van der Waals surface area contributed by atoms with Gasteiger partial charge in [-0.25, -0.2) is 0 Å². The summed E-state index contributed by atoms with van der Waals surface area (Å²) >= 11 is 0. The number of nitrogens with one attached hydrogen (secondary N) is 4. The highest BCUT2D eigenvalue weighted by Gasteiger charge is 2.47. The van der Waals surface area contributed by atoms with Gasteiger partial charge in [0.2, 0.25) is 35.4 Å². The van der Waals surface area contributed by atoms with Crippen LogP contribution in [0.15, 0.2) is 30.5 Å². The maximum Gasteiger partial charge on any atom is 0.248 e. The lowest BCUT2D eigenvalue weighted by atomic mass is 9.96. The normalized spacial score (nSPS) is 23.5. The Labute approximate surface area is 329 Å². The van der Waals surface area contributed by atoms with Gasteiger partial charge in [-0.2, -0.15) is 0 Å². The number of nitrogens with two attached hydrogens (primary N) is 2. The lowest BCUT2D eigenvalue weighted by Crippen LogP contribution is -2.64. The number of primary amides is 1. The zero-order valence-corrected chi connectivity index (χ0v) is 32.2. The van der Waals surface area contributed by atoms with Crippen molar-refractivity contribution in [3.8, 4) is 11.5 Å². The van der Waals surface area contributed by atoms with Crippen molar-refractivity contribution >= 4 is 35.4 Å². The Balaban J connectivity index is 2.04. The Bertz CT molecular complexity index is 1660. The zero-order valence-electron chi connectivity index (χ0n) is 32.2. The maximum atomic E-state index is 14.2. The smallest absolute Gasteiger partial charge is 0.248 e. The topological polar surface area (TPSA) is 351 Å². The van der Waals surface area contributed by atoms with Gasteiger partial charge in [0.15, 0.2) is 11.5 Å². The Morgan fingerprint density at radius 2 is 1.47 bits per heavy atom. The van der Waals surface area contributed by atoms with E-state index < -0.39 is 133 Å². The fraction of sp³-hybridized carbons (Fsp3) is 0.611. The zero-order chi connectivity index (χ0) is 43.0. The maximum absolute atomic E-state index is 14.2. The number of phenols is 2. The van der Waals surface area contributed by atoms with E-state index in [1.807, 2.05) is 6.92 Å². The molecule has 0 spiro atoms. The summed E-state index contributed by atoms with van der Waals surface area (Å²) in [4.78, 5) is 82.6. The van der Waals surface area contributed by atoms with Crippen molar-refractivity contribution in [2.75, 3.05) is 20.1 Å². The van der Waals surface area contributed by atoms with E-state index in [9.17, 15) is 64.5 Å². The van der Waals surface area contributed by atoms with Gasteiger partial charge in [-0.1, -0.05) is 26.5 Å². The van der Waals surface area contributed by atoms with E-state index in [0.717, 1.165) is 23.1 Å². The minimum atomic E-state index is -2.32. The number of benzene rings is 1. The van der Waals surface area contributed by atoms with E-state index in [1.165, 1.54) is 11.8 Å². The molecule has 1 aromatic rings. The molecule has 2 aliphatic heterocycles. The van der Waals surface area contributed by atoms with Gasteiger partial charge in [-0.15, -0.1) is 0 Å². The van der Waals surface area contributed by atoms with Crippen LogP contribution in [0.3, 0.4) is 0 Å². The van der Waals surface area contributed by atoms with Gasteiger partial charge in [-0.05, 0) is 43.4 Å². The fourth-order valence-corrected chi connectivity index (χ4v) is 6.83. The van der Waals surface area contributed by atoms with Crippen molar-refractivity contribution in [1.29, 1.82) is 0 Å². The third-order valence-corrected chi connectivity index (χ3v) is 10.1. The van der Waals surface area contributed by atoms with Crippen molar-refractivity contribution in [3.63, 3.8) is 0 Å². The molecule has 12 atom stereocenters. The number of amides is 6. The van der Waals surface area contributed by atoms with Crippen LogP contribution in [0.2, 0.25) is 0 Å². The number of β-amino-alcohol motifs (C(OH)–C–C–N with tert-alkyl or cyclic N) is 1. The van der Waals surface area contributed by atoms with Gasteiger partial charge in [0.1, 0.15) is 36.4 Å². The summed E-state index contributed by atoms with van der Waals surface area (Å²) < 4.78 is 0. The number of carbonyl (C=O) groups is 6. The van der Waals surface area contributed by atoms with E-state index in [-0.39, 0.29) is 24.4 Å². The molecule has 6 amide bonds. The molecule has 1 aromatic carbocycles. The van der Waals surface area contributed by atoms with Gasteiger partial charge in [-0.3, -0.25) is 28.8 Å². The number of likely N-dealkylation sites (tertiary alicyclic amines) is 2. The molecule has 3 rings (SSSR count). The lowest BCUT2D eigenvalue weighted by molar-refractivity contribution is -0.146. The summed E-state index contributed by atoms with van der Waals surface area (Å²) in [6.07, 6.45) is -9.76. The highest BCUT2D eigenvalue weighted by Crippen LogP contribution is 2.31. The molecule has 2 saturated heterocycles. The SMILES string of the molecule is C=C(NC)C1C[C@@H](C)CN1C(=O)C(NC(=O)C(NC(=O)C1C[C@@H](O)CN1C(=O)C(NC(=O)[C@@H](N)CC)[C@@H](C)O)[C@H](O)[C@@H](O)c1ccc(O)c(O)c1)[C@H](O)CC(N)=O. The molecule has 57 heavy (non-hydrogen) atoms. The Morgan fingerprint density at radius 1 is 0.877 bits per heavy atom. The first-order chi connectivity index (χ1) is 26.6. The van der Waals surface area contributed by atoms with Crippen molar-refractivity contribution in [1.82, 2.24) is 31.1 Å². The quantitative estimate of drug-likeness (QED) is 0.0619. The first-order valence-corrected chi connectivity index (χ1v) is 18.5. The third-order valence-electron chi connectivity index (χ3n) is 10.1. The molecule has 0 bridgehead atoms. The van der Waals surface area contributed by atoms with Crippen LogP contribution in [-0.4, -0.2) is 162 Å². The number of nitrogens with zero attached hydrogens (tertiary/aromatic N) is 2. The van der Waals surface area contributed by atoms with E-state index in [1.54, 1.807) is 14.0 Å². The number of aromatic hydroxyl groups is 2. The van der Waals surface area contributed by atoms with E-state index in [4.69, 9.17) is 11.5 Å². The molecule has 15 N–H and O–H groups in total. The summed E-state index contributed by atoms with van der Waals surface area (Å²) in [7, 11) is 1.59. The second kappa shape index (κ2) is 19.9. The summed E-state index contributed by atoms with van der Waals surface area (Å²) in [5.41, 5.74) is 11.3. The average Bonchev–Trinajstić information content (AvgIpc) is 3.75. The Kier molecular flexibility index (Phi) is 16.2. The Morgan fingerprint density at radius 3 is 2.04 bits per heavy atom. The second-order valence-corrected chi connectivity index (χ2v) is 14.7. The number of carbonyl (C=O) groups excluding carboxylic acids is 6.